The molecule has 0 saturated carbocycles. The van der Waals surface area contributed by atoms with Crippen LogP contribution in [0.15, 0.2) is 44.9 Å². The number of rotatable bonds is 3. The van der Waals surface area contributed by atoms with Crippen molar-refractivity contribution in [3.8, 4) is 0 Å². The molecule has 5 heteroatoms. The number of thiophene rings is 1. The van der Waals surface area contributed by atoms with E-state index in [-0.39, 0.29) is 0 Å². The Morgan fingerprint density at radius 2 is 2.35 bits per heavy atom. The zero-order valence-electron chi connectivity index (χ0n) is 8.81. The number of furan rings is 1. The van der Waals surface area contributed by atoms with Gasteiger partial charge in [-0.2, -0.15) is 0 Å². The van der Waals surface area contributed by atoms with Crippen molar-refractivity contribution in [1.82, 2.24) is 4.98 Å². The van der Waals surface area contributed by atoms with E-state index in [9.17, 15) is 0 Å². The third-order valence-corrected chi connectivity index (χ3v) is 4.33. The highest BCUT2D eigenvalue weighted by molar-refractivity contribution is 9.10. The average Bonchev–Trinajstić information content (AvgIpc) is 2.97. The molecule has 17 heavy (non-hydrogen) atoms. The molecule has 0 radical (unpaired) electrons. The van der Waals surface area contributed by atoms with E-state index in [1.54, 1.807) is 17.6 Å². The van der Waals surface area contributed by atoms with Crippen LogP contribution < -0.4 is 5.32 Å². The van der Waals surface area contributed by atoms with Crippen LogP contribution in [0.1, 0.15) is 5.76 Å². The largest absolute Gasteiger partial charge is 0.467 e. The van der Waals surface area contributed by atoms with Gasteiger partial charge in [0.05, 0.1) is 12.8 Å². The van der Waals surface area contributed by atoms with Crippen molar-refractivity contribution in [2.24, 2.45) is 0 Å². The standard InChI is InChI=1S/C12H9BrN2OS/c13-9-7-17-10-3-4-14-12(11(9)10)15-6-8-2-1-5-16-8/h1-5,7H,6H2,(H,14,15). The number of aromatic nitrogens is 1. The average molecular weight is 309 g/mol. The van der Waals surface area contributed by atoms with E-state index in [2.05, 4.69) is 31.6 Å². The second kappa shape index (κ2) is 4.50. The fraction of sp³-hybridized carbons (Fsp3) is 0.0833. The van der Waals surface area contributed by atoms with Crippen LogP contribution in [0.25, 0.3) is 10.1 Å². The zero-order chi connectivity index (χ0) is 11.7. The van der Waals surface area contributed by atoms with E-state index >= 15 is 0 Å². The smallest absolute Gasteiger partial charge is 0.136 e. The molecule has 3 aromatic heterocycles. The molecule has 0 aromatic carbocycles. The summed E-state index contributed by atoms with van der Waals surface area (Å²) in [6.45, 7) is 0.640. The molecule has 3 rings (SSSR count). The second-order valence-corrected chi connectivity index (χ2v) is 5.31. The minimum absolute atomic E-state index is 0.640. The number of hydrogen-bond donors (Lipinski definition) is 1. The van der Waals surface area contributed by atoms with Gasteiger partial charge in [-0.1, -0.05) is 0 Å². The van der Waals surface area contributed by atoms with Gasteiger partial charge in [-0.3, -0.25) is 0 Å². The van der Waals surface area contributed by atoms with Crippen LogP contribution in [0, 0.1) is 0 Å². The second-order valence-electron chi connectivity index (χ2n) is 3.55. The van der Waals surface area contributed by atoms with Gasteiger partial charge in [-0.05, 0) is 34.1 Å². The first-order chi connectivity index (χ1) is 8.34. The SMILES string of the molecule is Brc1csc2ccnc(NCc3ccco3)c12. The van der Waals surface area contributed by atoms with Gasteiger partial charge in [0.1, 0.15) is 11.6 Å². The third kappa shape index (κ3) is 2.08. The van der Waals surface area contributed by atoms with Crippen LogP contribution in [0.3, 0.4) is 0 Å². The Morgan fingerprint density at radius 3 is 3.18 bits per heavy atom. The van der Waals surface area contributed by atoms with Gasteiger partial charge in [0.2, 0.25) is 0 Å². The number of nitrogens with one attached hydrogen (secondary N) is 1. The van der Waals surface area contributed by atoms with Crippen molar-refractivity contribution >= 4 is 43.2 Å². The van der Waals surface area contributed by atoms with E-state index in [0.717, 1.165) is 21.4 Å². The van der Waals surface area contributed by atoms with Gasteiger partial charge in [0.15, 0.2) is 0 Å². The van der Waals surface area contributed by atoms with Crippen molar-refractivity contribution in [2.45, 2.75) is 6.54 Å². The molecule has 0 atom stereocenters. The lowest BCUT2D eigenvalue weighted by atomic mass is 10.3. The minimum Gasteiger partial charge on any atom is -0.467 e. The number of nitrogens with zero attached hydrogens (tertiary/aromatic N) is 1. The number of fused-ring (bicyclic) bond motifs is 1. The Hall–Kier alpha value is -1.33. The van der Waals surface area contributed by atoms with E-state index in [1.165, 1.54) is 4.70 Å². The predicted octanol–water partition coefficient (Wildman–Crippen LogP) is 4.26. The summed E-state index contributed by atoms with van der Waals surface area (Å²) in [6, 6.07) is 5.84. The van der Waals surface area contributed by atoms with Crippen LogP contribution in [-0.2, 0) is 6.54 Å². The molecular formula is C12H9BrN2OS. The molecule has 3 aromatic rings. The van der Waals surface area contributed by atoms with E-state index in [0.29, 0.717) is 6.54 Å². The molecule has 1 N–H and O–H groups in total. The Morgan fingerprint density at radius 1 is 1.41 bits per heavy atom. The van der Waals surface area contributed by atoms with Crippen molar-refractivity contribution in [3.63, 3.8) is 0 Å². The highest BCUT2D eigenvalue weighted by Crippen LogP contribution is 2.34. The molecule has 0 amide bonds. The maximum Gasteiger partial charge on any atom is 0.136 e. The van der Waals surface area contributed by atoms with E-state index in [1.807, 2.05) is 24.4 Å². The maximum atomic E-state index is 5.28. The number of pyridine rings is 1. The monoisotopic (exact) mass is 308 g/mol. The van der Waals surface area contributed by atoms with Gasteiger partial charge >= 0.3 is 0 Å². The molecule has 0 fully saturated rings. The molecule has 86 valence electrons. The van der Waals surface area contributed by atoms with E-state index < -0.39 is 0 Å². The van der Waals surface area contributed by atoms with Crippen molar-refractivity contribution in [1.29, 1.82) is 0 Å². The maximum absolute atomic E-state index is 5.28. The Labute approximate surface area is 111 Å². The summed E-state index contributed by atoms with van der Waals surface area (Å²) in [5.74, 6) is 1.78. The van der Waals surface area contributed by atoms with Gasteiger partial charge in [-0.25, -0.2) is 4.98 Å². The Kier molecular flexibility index (Phi) is 2.86. The van der Waals surface area contributed by atoms with Crippen LogP contribution in [0.4, 0.5) is 5.82 Å². The fourth-order valence-corrected chi connectivity index (χ4v) is 3.29. The minimum atomic E-state index is 0.640. The summed E-state index contributed by atoms with van der Waals surface area (Å²) in [5.41, 5.74) is 0. The first-order valence-electron chi connectivity index (χ1n) is 5.12. The normalized spacial score (nSPS) is 10.9. The molecule has 0 unspecified atom stereocenters. The first kappa shape index (κ1) is 10.8. The lowest BCUT2D eigenvalue weighted by molar-refractivity contribution is 0.518. The molecular weight excluding hydrogens is 300 g/mol. The van der Waals surface area contributed by atoms with Gasteiger partial charge in [0.25, 0.3) is 0 Å². The number of anilines is 1. The van der Waals surface area contributed by atoms with Crippen LogP contribution >= 0.6 is 27.3 Å². The lowest BCUT2D eigenvalue weighted by Gasteiger charge is -2.05. The van der Waals surface area contributed by atoms with Crippen LogP contribution in [0.2, 0.25) is 0 Å². The molecule has 0 aliphatic rings. The molecule has 3 nitrogen and oxygen atoms in total. The van der Waals surface area contributed by atoms with E-state index in [4.69, 9.17) is 4.42 Å². The summed E-state index contributed by atoms with van der Waals surface area (Å²) >= 11 is 5.24. The summed E-state index contributed by atoms with van der Waals surface area (Å²) in [7, 11) is 0. The third-order valence-electron chi connectivity index (χ3n) is 2.45. The summed E-state index contributed by atoms with van der Waals surface area (Å²) in [6.07, 6.45) is 3.49. The molecule has 0 saturated heterocycles. The fourth-order valence-electron chi connectivity index (χ4n) is 1.67. The number of halogens is 1. The molecule has 0 aliphatic heterocycles. The van der Waals surface area contributed by atoms with Crippen molar-refractivity contribution in [2.75, 3.05) is 5.32 Å². The van der Waals surface area contributed by atoms with Gasteiger partial charge < -0.3 is 9.73 Å². The quantitative estimate of drug-likeness (QED) is 0.785. The first-order valence-corrected chi connectivity index (χ1v) is 6.80. The molecule has 0 spiro atoms. The number of hydrogen-bond acceptors (Lipinski definition) is 4. The zero-order valence-corrected chi connectivity index (χ0v) is 11.2. The topological polar surface area (TPSA) is 38.1 Å². The Balaban J connectivity index is 1.92. The van der Waals surface area contributed by atoms with Crippen LogP contribution in [-0.4, -0.2) is 4.98 Å². The highest BCUT2D eigenvalue weighted by Gasteiger charge is 2.08. The Bertz CT molecular complexity index is 633. The summed E-state index contributed by atoms with van der Waals surface area (Å²) < 4.78 is 7.57. The van der Waals surface area contributed by atoms with Crippen LogP contribution in [0.5, 0.6) is 0 Å². The summed E-state index contributed by atoms with van der Waals surface area (Å²) in [4.78, 5) is 4.36. The summed E-state index contributed by atoms with van der Waals surface area (Å²) in [5, 5.41) is 6.49. The lowest BCUT2D eigenvalue weighted by Crippen LogP contribution is -2.00. The van der Waals surface area contributed by atoms with Gasteiger partial charge in [-0.15, -0.1) is 11.3 Å². The van der Waals surface area contributed by atoms with Crippen molar-refractivity contribution in [3.05, 3.63) is 46.3 Å². The molecule has 0 bridgehead atoms. The molecule has 0 aliphatic carbocycles. The van der Waals surface area contributed by atoms with Gasteiger partial charge in [0, 0.05) is 26.1 Å². The molecule has 3 heterocycles. The highest BCUT2D eigenvalue weighted by atomic mass is 79.9. The van der Waals surface area contributed by atoms with Crippen molar-refractivity contribution < 1.29 is 4.42 Å². The predicted molar refractivity (Wildman–Crippen MR) is 73.4 cm³/mol.